The van der Waals surface area contributed by atoms with Crippen LogP contribution in [-0.4, -0.2) is 4.98 Å². The third-order valence-electron chi connectivity index (χ3n) is 3.02. The third-order valence-corrected chi connectivity index (χ3v) is 5.24. The molecule has 1 aromatic heterocycles. The first-order valence-corrected chi connectivity index (χ1v) is 8.85. The van der Waals surface area contributed by atoms with Gasteiger partial charge in [-0.3, -0.25) is 0 Å². The van der Waals surface area contributed by atoms with Crippen LogP contribution in [0.4, 0.5) is 0 Å². The number of aryl methyl sites for hydroxylation is 1. The molecule has 1 nitrogen and oxygen atoms in total. The molecule has 0 aliphatic heterocycles. The lowest BCUT2D eigenvalue weighted by atomic mass is 10.2. The second kappa shape index (κ2) is 6.65. The van der Waals surface area contributed by atoms with Crippen molar-refractivity contribution in [1.82, 2.24) is 4.98 Å². The van der Waals surface area contributed by atoms with Crippen LogP contribution < -0.4 is 0 Å². The van der Waals surface area contributed by atoms with Crippen molar-refractivity contribution in [2.45, 2.75) is 17.6 Å². The Morgan fingerprint density at radius 3 is 2.71 bits per heavy atom. The second-order valence-electron chi connectivity index (χ2n) is 4.76. The standard InChI is InChI=1S/C17H14ClNS2/c1-12-3-2-4-16(9-12)20-10-15-11-21-17(19-15)13-5-7-14(18)8-6-13/h2-9,11H,10H2,1H3. The summed E-state index contributed by atoms with van der Waals surface area (Å²) in [5.74, 6) is 0.896. The van der Waals surface area contributed by atoms with Gasteiger partial charge >= 0.3 is 0 Å². The fraction of sp³-hybridized carbons (Fsp3) is 0.118. The van der Waals surface area contributed by atoms with Gasteiger partial charge in [0.2, 0.25) is 0 Å². The Balaban J connectivity index is 1.69. The smallest absolute Gasteiger partial charge is 0.123 e. The molecule has 0 bridgehead atoms. The molecule has 1 heterocycles. The zero-order chi connectivity index (χ0) is 14.7. The zero-order valence-corrected chi connectivity index (χ0v) is 13.9. The fourth-order valence-corrected chi connectivity index (χ4v) is 3.92. The lowest BCUT2D eigenvalue weighted by molar-refractivity contribution is 1.23. The van der Waals surface area contributed by atoms with E-state index in [1.54, 1.807) is 11.3 Å². The van der Waals surface area contributed by atoms with E-state index in [1.165, 1.54) is 10.5 Å². The van der Waals surface area contributed by atoms with Gasteiger partial charge in [0.15, 0.2) is 0 Å². The van der Waals surface area contributed by atoms with Crippen LogP contribution in [0.2, 0.25) is 5.02 Å². The van der Waals surface area contributed by atoms with Crippen LogP contribution in [0.25, 0.3) is 10.6 Å². The highest BCUT2D eigenvalue weighted by molar-refractivity contribution is 7.98. The zero-order valence-electron chi connectivity index (χ0n) is 11.5. The van der Waals surface area contributed by atoms with Crippen LogP contribution in [0.1, 0.15) is 11.3 Å². The quantitative estimate of drug-likeness (QED) is 0.538. The minimum Gasteiger partial charge on any atom is -0.240 e. The molecule has 0 aliphatic carbocycles. The van der Waals surface area contributed by atoms with Gasteiger partial charge in [-0.15, -0.1) is 23.1 Å². The van der Waals surface area contributed by atoms with Crippen molar-refractivity contribution < 1.29 is 0 Å². The number of rotatable bonds is 4. The first-order valence-electron chi connectivity index (χ1n) is 6.60. The SMILES string of the molecule is Cc1cccc(SCc2csc(-c3ccc(Cl)cc3)n2)c1. The topological polar surface area (TPSA) is 12.9 Å². The first-order chi connectivity index (χ1) is 10.2. The Morgan fingerprint density at radius 2 is 1.95 bits per heavy atom. The van der Waals surface area contributed by atoms with Crippen LogP contribution in [0.15, 0.2) is 58.8 Å². The summed E-state index contributed by atoms with van der Waals surface area (Å²) in [7, 11) is 0. The van der Waals surface area contributed by atoms with Gasteiger partial charge in [-0.1, -0.05) is 41.4 Å². The van der Waals surface area contributed by atoms with Gasteiger partial charge in [-0.2, -0.15) is 0 Å². The van der Waals surface area contributed by atoms with Crippen molar-refractivity contribution in [1.29, 1.82) is 0 Å². The Morgan fingerprint density at radius 1 is 1.14 bits per heavy atom. The number of aromatic nitrogens is 1. The number of hydrogen-bond donors (Lipinski definition) is 0. The van der Waals surface area contributed by atoms with Crippen molar-refractivity contribution in [2.75, 3.05) is 0 Å². The van der Waals surface area contributed by atoms with Crippen LogP contribution in [0.5, 0.6) is 0 Å². The molecule has 0 N–H and O–H groups in total. The number of thioether (sulfide) groups is 1. The molecular formula is C17H14ClNS2. The molecule has 106 valence electrons. The largest absolute Gasteiger partial charge is 0.240 e. The van der Waals surface area contributed by atoms with Gasteiger partial charge in [0, 0.05) is 26.6 Å². The summed E-state index contributed by atoms with van der Waals surface area (Å²) in [6.07, 6.45) is 0. The number of benzene rings is 2. The summed E-state index contributed by atoms with van der Waals surface area (Å²) in [6.45, 7) is 2.12. The van der Waals surface area contributed by atoms with Crippen LogP contribution in [0.3, 0.4) is 0 Å². The molecule has 2 aromatic carbocycles. The average Bonchev–Trinajstić information content (AvgIpc) is 2.95. The molecule has 0 amide bonds. The Bertz CT molecular complexity index is 735. The first kappa shape index (κ1) is 14.6. The predicted octanol–water partition coefficient (Wildman–Crippen LogP) is 6.06. The van der Waals surface area contributed by atoms with Crippen LogP contribution >= 0.6 is 34.7 Å². The van der Waals surface area contributed by atoms with E-state index < -0.39 is 0 Å². The van der Waals surface area contributed by atoms with Crippen molar-refractivity contribution in [3.63, 3.8) is 0 Å². The van der Waals surface area contributed by atoms with Crippen molar-refractivity contribution in [3.05, 3.63) is 70.2 Å². The van der Waals surface area contributed by atoms with Gasteiger partial charge in [-0.25, -0.2) is 4.98 Å². The highest BCUT2D eigenvalue weighted by atomic mass is 35.5. The molecule has 3 aromatic rings. The van der Waals surface area contributed by atoms with Gasteiger partial charge in [0.05, 0.1) is 5.69 Å². The van der Waals surface area contributed by atoms with E-state index in [1.807, 2.05) is 36.0 Å². The van der Waals surface area contributed by atoms with Crippen molar-refractivity contribution in [2.24, 2.45) is 0 Å². The number of nitrogens with zero attached hydrogens (tertiary/aromatic N) is 1. The molecule has 0 radical (unpaired) electrons. The van der Waals surface area contributed by atoms with E-state index in [0.717, 1.165) is 27.0 Å². The summed E-state index contributed by atoms with van der Waals surface area (Å²) < 4.78 is 0. The van der Waals surface area contributed by atoms with E-state index in [2.05, 4.69) is 36.6 Å². The molecule has 0 unspecified atom stereocenters. The third kappa shape index (κ3) is 3.88. The maximum absolute atomic E-state index is 5.91. The van der Waals surface area contributed by atoms with Crippen LogP contribution in [0, 0.1) is 6.92 Å². The van der Waals surface area contributed by atoms with Crippen LogP contribution in [-0.2, 0) is 5.75 Å². The monoisotopic (exact) mass is 331 g/mol. The molecule has 0 aliphatic rings. The number of hydrogen-bond acceptors (Lipinski definition) is 3. The maximum atomic E-state index is 5.91. The molecular weight excluding hydrogens is 318 g/mol. The van der Waals surface area contributed by atoms with Gasteiger partial charge in [0.25, 0.3) is 0 Å². The highest BCUT2D eigenvalue weighted by Gasteiger charge is 2.05. The van der Waals surface area contributed by atoms with E-state index in [4.69, 9.17) is 16.6 Å². The summed E-state index contributed by atoms with van der Waals surface area (Å²) in [5, 5.41) is 3.93. The molecule has 0 saturated heterocycles. The molecule has 3 rings (SSSR count). The Labute approximate surface area is 138 Å². The predicted molar refractivity (Wildman–Crippen MR) is 93.3 cm³/mol. The van der Waals surface area contributed by atoms with Gasteiger partial charge < -0.3 is 0 Å². The molecule has 0 saturated carbocycles. The molecule has 21 heavy (non-hydrogen) atoms. The average molecular weight is 332 g/mol. The Kier molecular flexibility index (Phi) is 4.63. The molecule has 4 heteroatoms. The van der Waals surface area contributed by atoms with E-state index >= 15 is 0 Å². The summed E-state index contributed by atoms with van der Waals surface area (Å²) in [5.41, 5.74) is 3.53. The fourth-order valence-electron chi connectivity index (χ4n) is 1.96. The van der Waals surface area contributed by atoms with Crippen molar-refractivity contribution >= 4 is 34.7 Å². The Hall–Kier alpha value is -1.29. The van der Waals surface area contributed by atoms with E-state index in [-0.39, 0.29) is 0 Å². The van der Waals surface area contributed by atoms with E-state index in [0.29, 0.717) is 0 Å². The van der Waals surface area contributed by atoms with E-state index in [9.17, 15) is 0 Å². The number of halogens is 1. The van der Waals surface area contributed by atoms with Gasteiger partial charge in [-0.05, 0) is 31.2 Å². The lowest BCUT2D eigenvalue weighted by Crippen LogP contribution is -1.82. The highest BCUT2D eigenvalue weighted by Crippen LogP contribution is 2.28. The normalized spacial score (nSPS) is 10.8. The van der Waals surface area contributed by atoms with Crippen molar-refractivity contribution in [3.8, 4) is 10.6 Å². The van der Waals surface area contributed by atoms with Gasteiger partial charge in [0.1, 0.15) is 5.01 Å². The minimum absolute atomic E-state index is 0.755. The molecule has 0 atom stereocenters. The maximum Gasteiger partial charge on any atom is 0.123 e. The molecule has 0 spiro atoms. The lowest BCUT2D eigenvalue weighted by Gasteiger charge is -2.00. The second-order valence-corrected chi connectivity index (χ2v) is 7.10. The summed E-state index contributed by atoms with van der Waals surface area (Å²) >= 11 is 9.42. The summed E-state index contributed by atoms with van der Waals surface area (Å²) in [6, 6.07) is 16.4. The number of thiazole rings is 1. The summed E-state index contributed by atoms with van der Waals surface area (Å²) in [4.78, 5) is 5.99. The molecule has 0 fully saturated rings. The minimum atomic E-state index is 0.755.